The van der Waals surface area contributed by atoms with Crippen LogP contribution in [0, 0.1) is 5.82 Å². The highest BCUT2D eigenvalue weighted by molar-refractivity contribution is 6.01. The maximum atomic E-state index is 15.0. The molecule has 5 rings (SSSR count). The molecule has 1 atom stereocenters. The molecule has 0 radical (unpaired) electrons. The van der Waals surface area contributed by atoms with Gasteiger partial charge in [-0.25, -0.2) is 9.38 Å². The van der Waals surface area contributed by atoms with E-state index in [0.717, 1.165) is 17.8 Å². The van der Waals surface area contributed by atoms with Gasteiger partial charge in [0, 0.05) is 49.2 Å². The predicted molar refractivity (Wildman–Crippen MR) is 139 cm³/mol. The number of para-hydroxylation sites is 1. The maximum Gasteiger partial charge on any atom is 0.416 e. The number of benzene rings is 3. The number of fused-ring (bicyclic) bond motifs is 1. The number of hydrogen-bond acceptors (Lipinski definition) is 6. The number of alkyl halides is 3. The Morgan fingerprint density at radius 2 is 1.64 bits per heavy atom. The first-order valence-electron chi connectivity index (χ1n) is 12.3. The minimum atomic E-state index is -4.60. The zero-order valence-electron chi connectivity index (χ0n) is 21.0. The van der Waals surface area contributed by atoms with Crippen LogP contribution in [0.3, 0.4) is 0 Å². The van der Waals surface area contributed by atoms with E-state index < -0.39 is 36.0 Å². The van der Waals surface area contributed by atoms with Crippen molar-refractivity contribution < 1.29 is 32.2 Å². The fraction of sp³-hybridized carbons (Fsp3) is 0.286. The van der Waals surface area contributed by atoms with Crippen LogP contribution in [-0.2, 0) is 11.0 Å². The van der Waals surface area contributed by atoms with E-state index >= 15 is 0 Å². The predicted octanol–water partition coefficient (Wildman–Crippen LogP) is 5.70. The molecule has 2 aliphatic rings. The topological polar surface area (TPSA) is 68.6 Å². The number of carboxylic acids is 1. The molecule has 0 bridgehead atoms. The van der Waals surface area contributed by atoms with Gasteiger partial charge >= 0.3 is 12.1 Å². The van der Waals surface area contributed by atoms with Crippen LogP contribution >= 0.6 is 0 Å². The number of halogens is 4. The monoisotopic (exact) mass is 542 g/mol. The Kier molecular flexibility index (Phi) is 7.07. The Bertz CT molecular complexity index is 1400. The second kappa shape index (κ2) is 10.5. The van der Waals surface area contributed by atoms with Crippen LogP contribution in [0.2, 0.25) is 0 Å². The van der Waals surface area contributed by atoms with Gasteiger partial charge in [0.2, 0.25) is 5.96 Å². The molecule has 11 heteroatoms. The minimum Gasteiger partial charge on any atom is -0.497 e. The Labute approximate surface area is 222 Å². The summed E-state index contributed by atoms with van der Waals surface area (Å²) < 4.78 is 61.2. The molecular weight excluding hydrogens is 516 g/mol. The van der Waals surface area contributed by atoms with Gasteiger partial charge in [0.05, 0.1) is 25.1 Å². The lowest BCUT2D eigenvalue weighted by molar-refractivity contribution is -0.138. The van der Waals surface area contributed by atoms with Gasteiger partial charge < -0.3 is 24.5 Å². The van der Waals surface area contributed by atoms with Crippen LogP contribution in [0.4, 0.5) is 34.6 Å². The van der Waals surface area contributed by atoms with Crippen LogP contribution in [0.5, 0.6) is 5.75 Å². The van der Waals surface area contributed by atoms with E-state index in [9.17, 15) is 27.5 Å². The van der Waals surface area contributed by atoms with Crippen molar-refractivity contribution in [2.75, 3.05) is 43.1 Å². The summed E-state index contributed by atoms with van der Waals surface area (Å²) in [6.45, 7) is 1.96. The number of carbonyl (C=O) groups is 1. The molecule has 0 aromatic heterocycles. The number of aliphatic imine (C=N–C) groups is 1. The fourth-order valence-electron chi connectivity index (χ4n) is 5.04. The number of methoxy groups -OCH3 is 1. The van der Waals surface area contributed by atoms with Gasteiger partial charge in [-0.15, -0.1) is 0 Å². The van der Waals surface area contributed by atoms with E-state index in [1.165, 1.54) is 29.2 Å². The molecule has 0 saturated carbocycles. The van der Waals surface area contributed by atoms with Crippen LogP contribution in [-0.4, -0.2) is 55.2 Å². The molecule has 2 aliphatic heterocycles. The van der Waals surface area contributed by atoms with Crippen LogP contribution in [0.25, 0.3) is 0 Å². The Hall–Kier alpha value is -4.28. The quantitative estimate of drug-likeness (QED) is 0.418. The van der Waals surface area contributed by atoms with Gasteiger partial charge in [-0.2, -0.15) is 13.2 Å². The summed E-state index contributed by atoms with van der Waals surface area (Å²) in [6, 6.07) is 15.6. The summed E-state index contributed by atoms with van der Waals surface area (Å²) in [6.07, 6.45) is -5.06. The van der Waals surface area contributed by atoms with Crippen LogP contribution in [0.15, 0.2) is 71.7 Å². The smallest absolute Gasteiger partial charge is 0.416 e. The molecule has 1 N–H and O–H groups in total. The highest BCUT2D eigenvalue weighted by atomic mass is 19.4. The summed E-state index contributed by atoms with van der Waals surface area (Å²) in [5, 5.41) is 9.74. The van der Waals surface area contributed by atoms with E-state index in [0.29, 0.717) is 37.5 Å². The molecule has 2 heterocycles. The summed E-state index contributed by atoms with van der Waals surface area (Å²) in [4.78, 5) is 22.0. The first-order valence-corrected chi connectivity index (χ1v) is 12.3. The molecule has 3 aromatic rings. The second-order valence-corrected chi connectivity index (χ2v) is 9.30. The number of rotatable bonds is 5. The van der Waals surface area contributed by atoms with Crippen molar-refractivity contribution in [2.24, 2.45) is 4.99 Å². The van der Waals surface area contributed by atoms with Gasteiger partial charge in [0.15, 0.2) is 0 Å². The van der Waals surface area contributed by atoms with E-state index in [1.807, 2.05) is 29.2 Å². The Morgan fingerprint density at radius 3 is 2.33 bits per heavy atom. The van der Waals surface area contributed by atoms with Crippen molar-refractivity contribution in [3.8, 4) is 5.75 Å². The molecule has 0 amide bonds. The number of piperazine rings is 1. The molecule has 3 aromatic carbocycles. The molecule has 1 fully saturated rings. The van der Waals surface area contributed by atoms with Crippen LogP contribution < -0.4 is 14.5 Å². The summed E-state index contributed by atoms with van der Waals surface area (Å²) >= 11 is 0. The van der Waals surface area contributed by atoms with Crippen molar-refractivity contribution in [1.82, 2.24) is 4.90 Å². The largest absolute Gasteiger partial charge is 0.497 e. The standard InChI is InChI=1S/C28H26F4N4O3/c1-39-21-8-3-6-19(16-21)34-11-13-35(14-12-34)27-33-26-22(9-4-10-23(26)29)24(17-25(37)38)36(27)20-7-2-5-18(15-20)28(30,31)32/h2-10,15-16,24H,11-14,17H2,1H3,(H,37,38). The third kappa shape index (κ3) is 5.34. The van der Waals surface area contributed by atoms with Gasteiger partial charge in [-0.3, -0.25) is 4.79 Å². The Morgan fingerprint density at radius 1 is 0.974 bits per heavy atom. The molecule has 204 valence electrons. The first kappa shape index (κ1) is 26.3. The number of carboxylic acid groups (broad SMARTS) is 1. The fourth-order valence-corrected chi connectivity index (χ4v) is 5.04. The number of nitrogens with zero attached hydrogens (tertiary/aromatic N) is 4. The van der Waals surface area contributed by atoms with Gasteiger partial charge in [0.1, 0.15) is 17.3 Å². The average Bonchev–Trinajstić information content (AvgIpc) is 2.93. The molecule has 1 unspecified atom stereocenters. The Balaban J connectivity index is 1.55. The molecule has 7 nitrogen and oxygen atoms in total. The van der Waals surface area contributed by atoms with Gasteiger partial charge in [0.25, 0.3) is 0 Å². The lowest BCUT2D eigenvalue weighted by Crippen LogP contribution is -2.55. The van der Waals surface area contributed by atoms with Crippen molar-refractivity contribution in [3.05, 3.63) is 83.7 Å². The SMILES string of the molecule is COc1cccc(N2CCN(C3=Nc4c(F)cccc4C(CC(=O)O)N3c3cccc(C(F)(F)F)c3)CC2)c1. The zero-order valence-corrected chi connectivity index (χ0v) is 21.0. The summed E-state index contributed by atoms with van der Waals surface area (Å²) in [7, 11) is 1.59. The van der Waals surface area contributed by atoms with E-state index in [2.05, 4.69) is 9.89 Å². The number of guanidine groups is 1. The summed E-state index contributed by atoms with van der Waals surface area (Å²) in [5.41, 5.74) is 0.501. The van der Waals surface area contributed by atoms with Crippen LogP contribution in [0.1, 0.15) is 23.6 Å². The first-order chi connectivity index (χ1) is 18.7. The van der Waals surface area contributed by atoms with Crippen molar-refractivity contribution in [1.29, 1.82) is 0 Å². The lowest BCUT2D eigenvalue weighted by atomic mass is 9.97. The number of hydrogen-bond donors (Lipinski definition) is 1. The third-order valence-electron chi connectivity index (χ3n) is 6.92. The van der Waals surface area contributed by atoms with E-state index in [-0.39, 0.29) is 17.3 Å². The van der Waals surface area contributed by atoms with Crippen molar-refractivity contribution in [3.63, 3.8) is 0 Å². The second-order valence-electron chi connectivity index (χ2n) is 9.30. The number of anilines is 2. The number of ether oxygens (including phenoxy) is 1. The molecule has 1 saturated heterocycles. The zero-order chi connectivity index (χ0) is 27.7. The number of aliphatic carboxylic acids is 1. The molecular formula is C28H26F4N4O3. The van der Waals surface area contributed by atoms with Gasteiger partial charge in [-0.1, -0.05) is 24.3 Å². The highest BCUT2D eigenvalue weighted by Crippen LogP contribution is 2.43. The lowest BCUT2D eigenvalue weighted by Gasteiger charge is -2.45. The van der Waals surface area contributed by atoms with E-state index in [4.69, 9.17) is 4.74 Å². The molecule has 0 aliphatic carbocycles. The maximum absolute atomic E-state index is 15.0. The average molecular weight is 543 g/mol. The van der Waals surface area contributed by atoms with Gasteiger partial charge in [-0.05, 0) is 36.4 Å². The minimum absolute atomic E-state index is 0.00259. The third-order valence-corrected chi connectivity index (χ3v) is 6.92. The van der Waals surface area contributed by atoms with Crippen molar-refractivity contribution in [2.45, 2.75) is 18.6 Å². The highest BCUT2D eigenvalue weighted by Gasteiger charge is 2.39. The molecule has 39 heavy (non-hydrogen) atoms. The van der Waals surface area contributed by atoms with Crippen molar-refractivity contribution >= 4 is 29.0 Å². The van der Waals surface area contributed by atoms with E-state index in [1.54, 1.807) is 13.2 Å². The summed E-state index contributed by atoms with van der Waals surface area (Å²) in [5.74, 6) is -0.871. The normalized spacial score (nSPS) is 17.5. The molecule has 0 spiro atoms.